The summed E-state index contributed by atoms with van der Waals surface area (Å²) in [6.45, 7) is 3.04. The van der Waals surface area contributed by atoms with Gasteiger partial charge in [-0.2, -0.15) is 0 Å². The number of amides is 2. The second-order valence-corrected chi connectivity index (χ2v) is 5.42. The topological polar surface area (TPSA) is 45.2 Å². The molecule has 0 spiro atoms. The number of carbonyl (C=O) groups is 1. The van der Waals surface area contributed by atoms with E-state index in [9.17, 15) is 4.79 Å². The number of thiazole rings is 1. The Hall–Kier alpha value is -1.88. The van der Waals surface area contributed by atoms with Gasteiger partial charge in [0.2, 0.25) is 0 Å². The summed E-state index contributed by atoms with van der Waals surface area (Å²) in [5.74, 6) is 0. The van der Waals surface area contributed by atoms with Crippen molar-refractivity contribution in [1.29, 1.82) is 0 Å². The normalized spacial score (nSPS) is 10.2. The zero-order valence-corrected chi connectivity index (χ0v) is 11.9. The highest BCUT2D eigenvalue weighted by Gasteiger charge is 2.10. The number of aryl methyl sites for hydroxylation is 1. The fourth-order valence-electron chi connectivity index (χ4n) is 1.70. The molecule has 100 valence electrons. The number of rotatable bonds is 4. The average Bonchev–Trinajstić information content (AvgIpc) is 2.82. The van der Waals surface area contributed by atoms with E-state index < -0.39 is 0 Å². The molecule has 1 heterocycles. The molecule has 0 aliphatic heterocycles. The SMILES string of the molecule is Cc1nc(CN(C)C(=O)NCc2ccccc2)cs1. The van der Waals surface area contributed by atoms with Gasteiger partial charge in [0.15, 0.2) is 0 Å². The predicted molar refractivity (Wildman–Crippen MR) is 77.0 cm³/mol. The van der Waals surface area contributed by atoms with Crippen molar-refractivity contribution >= 4 is 17.4 Å². The second-order valence-electron chi connectivity index (χ2n) is 4.36. The number of aromatic nitrogens is 1. The van der Waals surface area contributed by atoms with Crippen LogP contribution >= 0.6 is 11.3 Å². The molecular formula is C14H17N3OS. The fourth-order valence-corrected chi connectivity index (χ4v) is 2.31. The highest BCUT2D eigenvalue weighted by molar-refractivity contribution is 7.09. The number of nitrogens with zero attached hydrogens (tertiary/aromatic N) is 2. The van der Waals surface area contributed by atoms with E-state index in [4.69, 9.17) is 0 Å². The third kappa shape index (κ3) is 4.06. The molecule has 1 aromatic carbocycles. The van der Waals surface area contributed by atoms with Gasteiger partial charge in [-0.1, -0.05) is 30.3 Å². The summed E-state index contributed by atoms with van der Waals surface area (Å²) in [6, 6.07) is 9.78. The summed E-state index contributed by atoms with van der Waals surface area (Å²) in [4.78, 5) is 17.9. The molecule has 19 heavy (non-hydrogen) atoms. The van der Waals surface area contributed by atoms with E-state index in [0.29, 0.717) is 13.1 Å². The predicted octanol–water partition coefficient (Wildman–Crippen LogP) is 2.79. The minimum absolute atomic E-state index is 0.0884. The van der Waals surface area contributed by atoms with Crippen molar-refractivity contribution in [3.8, 4) is 0 Å². The molecule has 0 atom stereocenters. The van der Waals surface area contributed by atoms with Crippen molar-refractivity contribution in [3.05, 3.63) is 52.0 Å². The minimum atomic E-state index is -0.0884. The second kappa shape index (κ2) is 6.33. The van der Waals surface area contributed by atoms with Crippen LogP contribution in [0.25, 0.3) is 0 Å². The van der Waals surface area contributed by atoms with Crippen LogP contribution in [-0.4, -0.2) is 23.0 Å². The molecule has 1 aromatic heterocycles. The summed E-state index contributed by atoms with van der Waals surface area (Å²) in [5, 5.41) is 5.89. The van der Waals surface area contributed by atoms with Crippen LogP contribution in [0.2, 0.25) is 0 Å². The number of hydrogen-bond donors (Lipinski definition) is 1. The number of benzene rings is 1. The van der Waals surface area contributed by atoms with Crippen LogP contribution in [0.4, 0.5) is 4.79 Å². The van der Waals surface area contributed by atoms with Crippen molar-refractivity contribution in [2.75, 3.05) is 7.05 Å². The first kappa shape index (κ1) is 13.5. The van der Waals surface area contributed by atoms with Crippen LogP contribution in [0, 0.1) is 6.92 Å². The first-order chi connectivity index (χ1) is 9.15. The molecule has 0 fully saturated rings. The highest BCUT2D eigenvalue weighted by Crippen LogP contribution is 2.09. The third-order valence-electron chi connectivity index (χ3n) is 2.70. The number of carbonyl (C=O) groups excluding carboxylic acids is 1. The van der Waals surface area contributed by atoms with E-state index >= 15 is 0 Å². The van der Waals surface area contributed by atoms with Gasteiger partial charge in [-0.3, -0.25) is 0 Å². The molecule has 2 rings (SSSR count). The molecule has 1 N–H and O–H groups in total. The maximum atomic E-state index is 11.9. The molecule has 0 bridgehead atoms. The van der Waals surface area contributed by atoms with Gasteiger partial charge in [0.05, 0.1) is 17.2 Å². The molecule has 0 aliphatic rings. The lowest BCUT2D eigenvalue weighted by molar-refractivity contribution is 0.206. The molecule has 0 saturated heterocycles. The molecule has 2 aromatic rings. The quantitative estimate of drug-likeness (QED) is 0.932. The summed E-state index contributed by atoms with van der Waals surface area (Å²) in [6.07, 6.45) is 0. The zero-order chi connectivity index (χ0) is 13.7. The number of hydrogen-bond acceptors (Lipinski definition) is 3. The summed E-state index contributed by atoms with van der Waals surface area (Å²) >= 11 is 1.60. The van der Waals surface area contributed by atoms with E-state index in [-0.39, 0.29) is 6.03 Å². The lowest BCUT2D eigenvalue weighted by Crippen LogP contribution is -2.36. The fraction of sp³-hybridized carbons (Fsp3) is 0.286. The van der Waals surface area contributed by atoms with Crippen molar-refractivity contribution in [1.82, 2.24) is 15.2 Å². The minimum Gasteiger partial charge on any atom is -0.334 e. The van der Waals surface area contributed by atoms with Crippen LogP contribution in [0.15, 0.2) is 35.7 Å². The summed E-state index contributed by atoms with van der Waals surface area (Å²) in [5.41, 5.74) is 2.02. The molecule has 2 amide bonds. The van der Waals surface area contributed by atoms with Gasteiger partial charge in [-0.15, -0.1) is 11.3 Å². The van der Waals surface area contributed by atoms with Crippen LogP contribution < -0.4 is 5.32 Å². The lowest BCUT2D eigenvalue weighted by atomic mass is 10.2. The van der Waals surface area contributed by atoms with E-state index in [1.807, 2.05) is 42.6 Å². The van der Waals surface area contributed by atoms with E-state index in [1.165, 1.54) is 0 Å². The summed E-state index contributed by atoms with van der Waals surface area (Å²) in [7, 11) is 1.77. The van der Waals surface area contributed by atoms with Gasteiger partial charge >= 0.3 is 6.03 Å². The molecule has 0 unspecified atom stereocenters. The van der Waals surface area contributed by atoms with Crippen LogP contribution in [0.5, 0.6) is 0 Å². The zero-order valence-electron chi connectivity index (χ0n) is 11.1. The molecule has 0 saturated carbocycles. The third-order valence-corrected chi connectivity index (χ3v) is 3.52. The standard InChI is InChI=1S/C14H17N3OS/c1-11-16-13(10-19-11)9-17(2)14(18)15-8-12-6-4-3-5-7-12/h3-7,10H,8-9H2,1-2H3,(H,15,18). The van der Waals surface area contributed by atoms with Gasteiger partial charge in [-0.05, 0) is 12.5 Å². The molecule has 4 nitrogen and oxygen atoms in total. The van der Waals surface area contributed by atoms with Crippen molar-refractivity contribution < 1.29 is 4.79 Å². The average molecular weight is 275 g/mol. The maximum Gasteiger partial charge on any atom is 0.317 e. The van der Waals surface area contributed by atoms with E-state index in [0.717, 1.165) is 16.3 Å². The Morgan fingerprint density at radius 1 is 1.37 bits per heavy atom. The van der Waals surface area contributed by atoms with Crippen LogP contribution in [-0.2, 0) is 13.1 Å². The van der Waals surface area contributed by atoms with Gasteiger partial charge in [0.25, 0.3) is 0 Å². The maximum absolute atomic E-state index is 11.9. The van der Waals surface area contributed by atoms with Gasteiger partial charge in [0.1, 0.15) is 0 Å². The van der Waals surface area contributed by atoms with Crippen molar-refractivity contribution in [3.63, 3.8) is 0 Å². The molecular weight excluding hydrogens is 258 g/mol. The Morgan fingerprint density at radius 3 is 2.74 bits per heavy atom. The van der Waals surface area contributed by atoms with Crippen molar-refractivity contribution in [2.45, 2.75) is 20.0 Å². The van der Waals surface area contributed by atoms with Crippen LogP contribution in [0.1, 0.15) is 16.3 Å². The largest absolute Gasteiger partial charge is 0.334 e. The van der Waals surface area contributed by atoms with Gasteiger partial charge in [0, 0.05) is 19.0 Å². The number of nitrogens with one attached hydrogen (secondary N) is 1. The Morgan fingerprint density at radius 2 is 2.11 bits per heavy atom. The van der Waals surface area contributed by atoms with Gasteiger partial charge < -0.3 is 10.2 Å². The molecule has 5 heteroatoms. The lowest BCUT2D eigenvalue weighted by Gasteiger charge is -2.16. The Labute approximate surface area is 117 Å². The first-order valence-electron chi connectivity index (χ1n) is 6.09. The van der Waals surface area contributed by atoms with E-state index in [2.05, 4.69) is 10.3 Å². The monoisotopic (exact) mass is 275 g/mol. The Bertz CT molecular complexity index is 539. The smallest absolute Gasteiger partial charge is 0.317 e. The van der Waals surface area contributed by atoms with Crippen molar-refractivity contribution in [2.24, 2.45) is 0 Å². The molecule has 0 radical (unpaired) electrons. The van der Waals surface area contributed by atoms with E-state index in [1.54, 1.807) is 23.3 Å². The highest BCUT2D eigenvalue weighted by atomic mass is 32.1. The first-order valence-corrected chi connectivity index (χ1v) is 6.97. The summed E-state index contributed by atoms with van der Waals surface area (Å²) < 4.78 is 0. The molecule has 0 aliphatic carbocycles. The van der Waals surface area contributed by atoms with Crippen LogP contribution in [0.3, 0.4) is 0 Å². The Balaban J connectivity index is 1.82. The number of urea groups is 1. The Kier molecular flexibility index (Phi) is 4.52. The van der Waals surface area contributed by atoms with Gasteiger partial charge in [-0.25, -0.2) is 9.78 Å².